The molecule has 16 heavy (non-hydrogen) atoms. The molecule has 0 bridgehead atoms. The number of rotatable bonds is 6. The first-order chi connectivity index (χ1) is 7.61. The highest BCUT2D eigenvalue weighted by molar-refractivity contribution is 5.27. The van der Waals surface area contributed by atoms with Crippen LogP contribution in [-0.2, 0) is 0 Å². The van der Waals surface area contributed by atoms with Crippen molar-refractivity contribution in [3.63, 3.8) is 0 Å². The highest BCUT2D eigenvalue weighted by Crippen LogP contribution is 2.20. The molecule has 1 heterocycles. The van der Waals surface area contributed by atoms with E-state index in [1.165, 1.54) is 0 Å². The van der Waals surface area contributed by atoms with E-state index in [2.05, 4.69) is 9.88 Å². The summed E-state index contributed by atoms with van der Waals surface area (Å²) in [7, 11) is 4.10. The molecule has 0 aliphatic carbocycles. The molecule has 0 aliphatic rings. The molecule has 0 saturated heterocycles. The van der Waals surface area contributed by atoms with Crippen molar-refractivity contribution in [2.75, 3.05) is 27.2 Å². The van der Waals surface area contributed by atoms with Crippen LogP contribution in [-0.4, -0.2) is 37.1 Å². The molecule has 0 amide bonds. The lowest BCUT2D eigenvalue weighted by Crippen LogP contribution is -2.16. The van der Waals surface area contributed by atoms with E-state index in [4.69, 9.17) is 10.5 Å². The SMILES string of the molecule is CC(N)c1cccnc1OCCCN(C)C. The molecule has 1 aromatic heterocycles. The molecule has 0 spiro atoms. The number of hydrogen-bond donors (Lipinski definition) is 1. The fraction of sp³-hybridized carbons (Fsp3) is 0.583. The third kappa shape index (κ3) is 4.16. The van der Waals surface area contributed by atoms with Crippen molar-refractivity contribution in [2.24, 2.45) is 5.73 Å². The van der Waals surface area contributed by atoms with Crippen LogP contribution >= 0.6 is 0 Å². The number of pyridine rings is 1. The monoisotopic (exact) mass is 223 g/mol. The Morgan fingerprint density at radius 3 is 2.88 bits per heavy atom. The lowest BCUT2D eigenvalue weighted by atomic mass is 10.1. The average molecular weight is 223 g/mol. The van der Waals surface area contributed by atoms with E-state index in [0.717, 1.165) is 18.5 Å². The van der Waals surface area contributed by atoms with Gasteiger partial charge < -0.3 is 15.4 Å². The average Bonchev–Trinajstić information content (AvgIpc) is 2.24. The van der Waals surface area contributed by atoms with E-state index in [-0.39, 0.29) is 6.04 Å². The fourth-order valence-corrected chi connectivity index (χ4v) is 1.42. The summed E-state index contributed by atoms with van der Waals surface area (Å²) in [6, 6.07) is 3.79. The normalized spacial score (nSPS) is 12.8. The zero-order valence-corrected chi connectivity index (χ0v) is 10.3. The number of hydrogen-bond acceptors (Lipinski definition) is 4. The van der Waals surface area contributed by atoms with Gasteiger partial charge in [0.15, 0.2) is 0 Å². The number of aromatic nitrogens is 1. The Morgan fingerprint density at radius 2 is 2.25 bits per heavy atom. The van der Waals surface area contributed by atoms with Crippen LogP contribution < -0.4 is 10.5 Å². The van der Waals surface area contributed by atoms with Crippen molar-refractivity contribution >= 4 is 0 Å². The van der Waals surface area contributed by atoms with Crippen molar-refractivity contribution in [1.82, 2.24) is 9.88 Å². The van der Waals surface area contributed by atoms with Gasteiger partial charge in [-0.25, -0.2) is 4.98 Å². The minimum Gasteiger partial charge on any atom is -0.477 e. The van der Waals surface area contributed by atoms with Crippen LogP contribution in [0, 0.1) is 0 Å². The van der Waals surface area contributed by atoms with E-state index < -0.39 is 0 Å². The lowest BCUT2D eigenvalue weighted by molar-refractivity contribution is 0.270. The van der Waals surface area contributed by atoms with Gasteiger partial charge >= 0.3 is 0 Å². The molecule has 1 aromatic rings. The minimum atomic E-state index is -0.0439. The molecule has 2 N–H and O–H groups in total. The van der Waals surface area contributed by atoms with Crippen LogP contribution in [0.2, 0.25) is 0 Å². The number of nitrogens with two attached hydrogens (primary N) is 1. The zero-order chi connectivity index (χ0) is 12.0. The summed E-state index contributed by atoms with van der Waals surface area (Å²) in [6.07, 6.45) is 2.72. The highest BCUT2D eigenvalue weighted by Gasteiger charge is 2.08. The first kappa shape index (κ1) is 12.9. The summed E-state index contributed by atoms with van der Waals surface area (Å²) in [5.74, 6) is 0.663. The van der Waals surface area contributed by atoms with Crippen LogP contribution in [0.25, 0.3) is 0 Å². The zero-order valence-electron chi connectivity index (χ0n) is 10.3. The first-order valence-electron chi connectivity index (χ1n) is 5.59. The molecule has 1 unspecified atom stereocenters. The van der Waals surface area contributed by atoms with E-state index in [1.807, 2.05) is 33.2 Å². The van der Waals surface area contributed by atoms with Gasteiger partial charge in [0, 0.05) is 24.3 Å². The van der Waals surface area contributed by atoms with Gasteiger partial charge in [0.1, 0.15) is 0 Å². The lowest BCUT2D eigenvalue weighted by Gasteiger charge is -2.13. The summed E-state index contributed by atoms with van der Waals surface area (Å²) >= 11 is 0. The van der Waals surface area contributed by atoms with Crippen molar-refractivity contribution in [3.05, 3.63) is 23.9 Å². The van der Waals surface area contributed by atoms with Crippen LogP contribution in [0.5, 0.6) is 5.88 Å². The molecule has 1 atom stereocenters. The van der Waals surface area contributed by atoms with Crippen LogP contribution in [0.3, 0.4) is 0 Å². The van der Waals surface area contributed by atoms with E-state index in [0.29, 0.717) is 12.5 Å². The number of nitrogens with zero attached hydrogens (tertiary/aromatic N) is 2. The van der Waals surface area contributed by atoms with Gasteiger partial charge in [-0.1, -0.05) is 6.07 Å². The van der Waals surface area contributed by atoms with Crippen molar-refractivity contribution in [1.29, 1.82) is 0 Å². The Labute approximate surface area is 97.4 Å². The van der Waals surface area contributed by atoms with Crippen molar-refractivity contribution < 1.29 is 4.74 Å². The molecule has 1 rings (SSSR count). The summed E-state index contributed by atoms with van der Waals surface area (Å²) in [5, 5.41) is 0. The Morgan fingerprint density at radius 1 is 1.50 bits per heavy atom. The molecule has 0 aromatic carbocycles. The van der Waals surface area contributed by atoms with Crippen LogP contribution in [0.1, 0.15) is 24.9 Å². The van der Waals surface area contributed by atoms with Crippen molar-refractivity contribution in [2.45, 2.75) is 19.4 Å². The Kier molecular flexibility index (Phi) is 5.22. The van der Waals surface area contributed by atoms with Gasteiger partial charge in [-0.2, -0.15) is 0 Å². The third-order valence-electron chi connectivity index (χ3n) is 2.28. The Bertz CT molecular complexity index is 313. The summed E-state index contributed by atoms with van der Waals surface area (Å²) in [5.41, 5.74) is 6.80. The summed E-state index contributed by atoms with van der Waals surface area (Å²) in [6.45, 7) is 3.62. The standard InChI is InChI=1S/C12H21N3O/c1-10(13)11-6-4-7-14-12(11)16-9-5-8-15(2)3/h4,6-7,10H,5,8-9,13H2,1-3H3. The summed E-state index contributed by atoms with van der Waals surface area (Å²) in [4.78, 5) is 6.33. The quantitative estimate of drug-likeness (QED) is 0.741. The molecular formula is C12H21N3O. The van der Waals surface area contributed by atoms with Gasteiger partial charge in [0.2, 0.25) is 5.88 Å². The second-order valence-electron chi connectivity index (χ2n) is 4.19. The minimum absolute atomic E-state index is 0.0439. The first-order valence-corrected chi connectivity index (χ1v) is 5.59. The molecule has 90 valence electrons. The maximum absolute atomic E-state index is 5.84. The second kappa shape index (κ2) is 6.45. The van der Waals surface area contributed by atoms with Crippen LogP contribution in [0.15, 0.2) is 18.3 Å². The van der Waals surface area contributed by atoms with E-state index >= 15 is 0 Å². The fourth-order valence-electron chi connectivity index (χ4n) is 1.42. The Balaban J connectivity index is 2.47. The topological polar surface area (TPSA) is 51.4 Å². The van der Waals surface area contributed by atoms with Gasteiger partial charge in [0.05, 0.1) is 6.61 Å². The predicted molar refractivity (Wildman–Crippen MR) is 65.5 cm³/mol. The van der Waals surface area contributed by atoms with Gasteiger partial charge in [-0.05, 0) is 33.5 Å². The maximum atomic E-state index is 5.84. The van der Waals surface area contributed by atoms with Gasteiger partial charge in [-0.15, -0.1) is 0 Å². The molecule has 0 aliphatic heterocycles. The van der Waals surface area contributed by atoms with Gasteiger partial charge in [-0.3, -0.25) is 0 Å². The predicted octanol–water partition coefficient (Wildman–Crippen LogP) is 1.43. The van der Waals surface area contributed by atoms with E-state index in [9.17, 15) is 0 Å². The third-order valence-corrected chi connectivity index (χ3v) is 2.28. The molecule has 4 nitrogen and oxygen atoms in total. The molecule has 4 heteroatoms. The molecule has 0 radical (unpaired) electrons. The second-order valence-corrected chi connectivity index (χ2v) is 4.19. The van der Waals surface area contributed by atoms with Crippen molar-refractivity contribution in [3.8, 4) is 5.88 Å². The maximum Gasteiger partial charge on any atom is 0.218 e. The van der Waals surface area contributed by atoms with Crippen LogP contribution in [0.4, 0.5) is 0 Å². The largest absolute Gasteiger partial charge is 0.477 e. The van der Waals surface area contributed by atoms with Gasteiger partial charge in [0.25, 0.3) is 0 Å². The van der Waals surface area contributed by atoms with E-state index in [1.54, 1.807) is 6.20 Å². The molecular weight excluding hydrogens is 202 g/mol. The highest BCUT2D eigenvalue weighted by atomic mass is 16.5. The number of ether oxygens (including phenoxy) is 1. The molecule has 0 saturated carbocycles. The summed E-state index contributed by atoms with van der Waals surface area (Å²) < 4.78 is 5.63. The molecule has 0 fully saturated rings. The smallest absolute Gasteiger partial charge is 0.218 e. The Hall–Kier alpha value is -1.13.